The number of hydrogen-bond donors (Lipinski definition) is 1. The maximum atomic E-state index is 13.2. The SMILES string of the molecule is CCC(CCCl)CNCc1ccc(Cl)c(F)c1. The molecule has 0 saturated carbocycles. The number of rotatable bonds is 7. The molecule has 96 valence electrons. The van der Waals surface area contributed by atoms with Gasteiger partial charge in [0.15, 0.2) is 0 Å². The Hall–Kier alpha value is -0.310. The van der Waals surface area contributed by atoms with Crippen molar-refractivity contribution in [2.24, 2.45) is 5.92 Å². The van der Waals surface area contributed by atoms with Crippen molar-refractivity contribution in [2.45, 2.75) is 26.3 Å². The molecule has 0 aliphatic carbocycles. The Morgan fingerprint density at radius 1 is 1.41 bits per heavy atom. The van der Waals surface area contributed by atoms with E-state index in [2.05, 4.69) is 12.2 Å². The van der Waals surface area contributed by atoms with Crippen molar-refractivity contribution in [3.05, 3.63) is 34.6 Å². The molecule has 1 aromatic rings. The van der Waals surface area contributed by atoms with E-state index in [1.165, 1.54) is 6.07 Å². The van der Waals surface area contributed by atoms with Crippen molar-refractivity contribution in [3.8, 4) is 0 Å². The highest BCUT2D eigenvalue weighted by Crippen LogP contribution is 2.15. The highest BCUT2D eigenvalue weighted by Gasteiger charge is 2.05. The minimum absolute atomic E-state index is 0.169. The summed E-state index contributed by atoms with van der Waals surface area (Å²) in [6.07, 6.45) is 2.12. The summed E-state index contributed by atoms with van der Waals surface area (Å²) in [5, 5.41) is 3.48. The second-order valence-corrected chi connectivity index (χ2v) is 4.92. The Kier molecular flexibility index (Phi) is 6.86. The van der Waals surface area contributed by atoms with Gasteiger partial charge in [0.2, 0.25) is 0 Å². The molecule has 1 unspecified atom stereocenters. The van der Waals surface area contributed by atoms with Crippen molar-refractivity contribution in [1.29, 1.82) is 0 Å². The lowest BCUT2D eigenvalue weighted by atomic mass is 10.0. The van der Waals surface area contributed by atoms with Crippen LogP contribution >= 0.6 is 23.2 Å². The van der Waals surface area contributed by atoms with Gasteiger partial charge < -0.3 is 5.32 Å². The summed E-state index contributed by atoms with van der Waals surface area (Å²) in [5.74, 6) is 0.916. The molecule has 0 amide bonds. The summed E-state index contributed by atoms with van der Waals surface area (Å²) in [7, 11) is 0. The van der Waals surface area contributed by atoms with Gasteiger partial charge in [0.05, 0.1) is 5.02 Å². The molecule has 0 heterocycles. The van der Waals surface area contributed by atoms with Gasteiger partial charge in [-0.25, -0.2) is 4.39 Å². The zero-order valence-corrected chi connectivity index (χ0v) is 11.5. The summed E-state index contributed by atoms with van der Waals surface area (Å²) in [5.41, 5.74) is 0.910. The molecule has 0 bridgehead atoms. The maximum Gasteiger partial charge on any atom is 0.142 e. The van der Waals surface area contributed by atoms with Crippen LogP contribution in [-0.4, -0.2) is 12.4 Å². The lowest BCUT2D eigenvalue weighted by molar-refractivity contribution is 0.451. The normalized spacial score (nSPS) is 12.7. The van der Waals surface area contributed by atoms with Gasteiger partial charge in [-0.2, -0.15) is 0 Å². The van der Waals surface area contributed by atoms with Crippen LogP contribution in [0.3, 0.4) is 0 Å². The van der Waals surface area contributed by atoms with Crippen LogP contribution in [0.15, 0.2) is 18.2 Å². The van der Waals surface area contributed by atoms with E-state index in [1.54, 1.807) is 6.07 Å². The van der Waals surface area contributed by atoms with E-state index >= 15 is 0 Å². The molecule has 1 atom stereocenters. The van der Waals surface area contributed by atoms with Gasteiger partial charge in [0.1, 0.15) is 5.82 Å². The molecule has 17 heavy (non-hydrogen) atoms. The Bertz CT molecular complexity index is 344. The van der Waals surface area contributed by atoms with Crippen molar-refractivity contribution < 1.29 is 4.39 Å². The molecule has 0 fully saturated rings. The van der Waals surface area contributed by atoms with Crippen LogP contribution in [-0.2, 0) is 6.54 Å². The average Bonchev–Trinajstić information content (AvgIpc) is 2.32. The molecule has 4 heteroatoms. The molecule has 1 aromatic carbocycles. The van der Waals surface area contributed by atoms with E-state index < -0.39 is 0 Å². The fraction of sp³-hybridized carbons (Fsp3) is 0.538. The van der Waals surface area contributed by atoms with Crippen molar-refractivity contribution in [3.63, 3.8) is 0 Å². The third-order valence-corrected chi connectivity index (χ3v) is 3.37. The lowest BCUT2D eigenvalue weighted by Gasteiger charge is -2.14. The summed E-state index contributed by atoms with van der Waals surface area (Å²) in [6, 6.07) is 4.89. The largest absolute Gasteiger partial charge is 0.312 e. The smallest absolute Gasteiger partial charge is 0.142 e. The molecule has 0 saturated heterocycles. The number of benzene rings is 1. The standard InChI is InChI=1S/C13H18Cl2FN/c1-2-10(5-6-14)8-17-9-11-3-4-12(15)13(16)7-11/h3-4,7,10,17H,2,5-6,8-9H2,1H3. The second kappa shape index (κ2) is 7.91. The fourth-order valence-corrected chi connectivity index (χ4v) is 2.10. The minimum Gasteiger partial charge on any atom is -0.312 e. The molecule has 0 aliphatic rings. The first-order valence-electron chi connectivity index (χ1n) is 5.88. The molecule has 0 spiro atoms. The molecule has 0 radical (unpaired) electrons. The van der Waals surface area contributed by atoms with E-state index in [0.717, 1.165) is 24.9 Å². The lowest BCUT2D eigenvalue weighted by Crippen LogP contribution is -2.22. The summed E-state index contributed by atoms with van der Waals surface area (Å²) in [4.78, 5) is 0. The van der Waals surface area contributed by atoms with Crippen LogP contribution in [0.2, 0.25) is 5.02 Å². The van der Waals surface area contributed by atoms with Crippen LogP contribution in [0.4, 0.5) is 4.39 Å². The Morgan fingerprint density at radius 2 is 2.18 bits per heavy atom. The van der Waals surface area contributed by atoms with Gasteiger partial charge in [-0.05, 0) is 36.6 Å². The van der Waals surface area contributed by atoms with Gasteiger partial charge in [-0.15, -0.1) is 11.6 Å². The first-order valence-corrected chi connectivity index (χ1v) is 6.79. The zero-order chi connectivity index (χ0) is 12.7. The van der Waals surface area contributed by atoms with Gasteiger partial charge in [-0.3, -0.25) is 0 Å². The monoisotopic (exact) mass is 277 g/mol. The molecular weight excluding hydrogens is 260 g/mol. The van der Waals surface area contributed by atoms with Gasteiger partial charge in [0, 0.05) is 12.4 Å². The third-order valence-electron chi connectivity index (χ3n) is 2.84. The fourth-order valence-electron chi connectivity index (χ4n) is 1.68. The van der Waals surface area contributed by atoms with Crippen molar-refractivity contribution >= 4 is 23.2 Å². The average molecular weight is 278 g/mol. The number of hydrogen-bond acceptors (Lipinski definition) is 1. The number of alkyl halides is 1. The van der Waals surface area contributed by atoms with E-state index in [4.69, 9.17) is 23.2 Å². The van der Waals surface area contributed by atoms with Crippen LogP contribution in [0, 0.1) is 11.7 Å². The molecule has 1 nitrogen and oxygen atoms in total. The van der Waals surface area contributed by atoms with Crippen molar-refractivity contribution in [2.75, 3.05) is 12.4 Å². The predicted molar refractivity (Wildman–Crippen MR) is 72.2 cm³/mol. The molecule has 0 aromatic heterocycles. The number of halogens is 3. The summed E-state index contributed by atoms with van der Waals surface area (Å²) in [6.45, 7) is 3.72. The molecule has 1 N–H and O–H groups in total. The van der Waals surface area contributed by atoms with Crippen molar-refractivity contribution in [1.82, 2.24) is 5.32 Å². The Labute approximate surface area is 112 Å². The highest BCUT2D eigenvalue weighted by molar-refractivity contribution is 6.30. The first kappa shape index (κ1) is 14.7. The topological polar surface area (TPSA) is 12.0 Å². The van der Waals surface area contributed by atoms with Gasteiger partial charge >= 0.3 is 0 Å². The predicted octanol–water partition coefficient (Wildman–Crippen LogP) is 4.22. The molecule has 1 rings (SSSR count). The van der Waals surface area contributed by atoms with Crippen LogP contribution in [0.25, 0.3) is 0 Å². The van der Waals surface area contributed by atoms with E-state index in [-0.39, 0.29) is 10.8 Å². The molecule has 0 aliphatic heterocycles. The summed E-state index contributed by atoms with van der Waals surface area (Å²) < 4.78 is 13.2. The number of nitrogens with one attached hydrogen (secondary N) is 1. The van der Waals surface area contributed by atoms with E-state index in [1.807, 2.05) is 6.07 Å². The summed E-state index contributed by atoms with van der Waals surface area (Å²) >= 11 is 11.3. The van der Waals surface area contributed by atoms with E-state index in [9.17, 15) is 4.39 Å². The Morgan fingerprint density at radius 3 is 2.76 bits per heavy atom. The van der Waals surface area contributed by atoms with Gasteiger partial charge in [0.25, 0.3) is 0 Å². The highest BCUT2D eigenvalue weighted by atomic mass is 35.5. The quantitative estimate of drug-likeness (QED) is 0.736. The van der Waals surface area contributed by atoms with Crippen LogP contribution in [0.5, 0.6) is 0 Å². The minimum atomic E-state index is -0.362. The Balaban J connectivity index is 2.37. The van der Waals surface area contributed by atoms with Crippen LogP contribution in [0.1, 0.15) is 25.3 Å². The van der Waals surface area contributed by atoms with Crippen LogP contribution < -0.4 is 5.32 Å². The van der Waals surface area contributed by atoms with E-state index in [0.29, 0.717) is 18.3 Å². The van der Waals surface area contributed by atoms with Gasteiger partial charge in [-0.1, -0.05) is 31.0 Å². The molecular formula is C13H18Cl2FN. The second-order valence-electron chi connectivity index (χ2n) is 4.13. The zero-order valence-electron chi connectivity index (χ0n) is 9.98. The maximum absolute atomic E-state index is 13.2. The third kappa shape index (κ3) is 5.24. The first-order chi connectivity index (χ1) is 8.17.